The van der Waals surface area contributed by atoms with Gasteiger partial charge in [0, 0.05) is 19.6 Å². The lowest BCUT2D eigenvalue weighted by Gasteiger charge is -2.35. The van der Waals surface area contributed by atoms with Crippen molar-refractivity contribution in [1.82, 2.24) is 9.21 Å². The topological polar surface area (TPSA) is 66.9 Å². The highest BCUT2D eigenvalue weighted by Gasteiger charge is 2.39. The monoisotopic (exact) mass is 428 g/mol. The zero-order valence-electron chi connectivity index (χ0n) is 17.2. The predicted octanol–water partition coefficient (Wildman–Crippen LogP) is 3.46. The van der Waals surface area contributed by atoms with Crippen LogP contribution < -0.4 is 4.74 Å². The standard InChI is InChI=1S/C23H28N2O4S/c1-29-21-13-5-6-14-22(21)30(27,28)24-15-7-11-19(17-24)23(26)25-16-8-12-20(25)18-9-3-2-4-10-18/h2-6,9-10,13-14,19-20H,7-8,11-12,15-17H2,1H3. The van der Waals surface area contributed by atoms with Crippen LogP contribution in [0.15, 0.2) is 59.5 Å². The molecule has 0 saturated carbocycles. The van der Waals surface area contributed by atoms with Crippen molar-refractivity contribution in [3.8, 4) is 5.75 Å². The summed E-state index contributed by atoms with van der Waals surface area (Å²) in [5, 5.41) is 0. The highest BCUT2D eigenvalue weighted by molar-refractivity contribution is 7.89. The van der Waals surface area contributed by atoms with E-state index in [1.165, 1.54) is 11.4 Å². The average Bonchev–Trinajstić information content (AvgIpc) is 3.29. The lowest BCUT2D eigenvalue weighted by atomic mass is 9.96. The van der Waals surface area contributed by atoms with Crippen molar-refractivity contribution in [3.05, 3.63) is 60.2 Å². The van der Waals surface area contributed by atoms with Gasteiger partial charge in [0.15, 0.2) is 0 Å². The fourth-order valence-corrected chi connectivity index (χ4v) is 6.30. The van der Waals surface area contributed by atoms with Crippen LogP contribution in [-0.4, -0.2) is 50.3 Å². The number of carbonyl (C=O) groups is 1. The van der Waals surface area contributed by atoms with Gasteiger partial charge < -0.3 is 9.64 Å². The molecule has 2 aromatic carbocycles. The number of rotatable bonds is 5. The van der Waals surface area contributed by atoms with Crippen LogP contribution in [0.1, 0.15) is 37.3 Å². The van der Waals surface area contributed by atoms with Gasteiger partial charge in [0.05, 0.1) is 19.1 Å². The molecule has 0 radical (unpaired) electrons. The maximum absolute atomic E-state index is 13.4. The van der Waals surface area contributed by atoms with Gasteiger partial charge in [-0.15, -0.1) is 0 Å². The van der Waals surface area contributed by atoms with E-state index in [1.54, 1.807) is 24.3 Å². The SMILES string of the molecule is COc1ccccc1S(=O)(=O)N1CCCC(C(=O)N2CCCC2c2ccccc2)C1. The average molecular weight is 429 g/mol. The minimum Gasteiger partial charge on any atom is -0.495 e. The van der Waals surface area contributed by atoms with Crippen LogP contribution in [0.4, 0.5) is 0 Å². The van der Waals surface area contributed by atoms with Gasteiger partial charge in [0.25, 0.3) is 0 Å². The number of likely N-dealkylation sites (tertiary alicyclic amines) is 1. The number of piperidine rings is 1. The van der Waals surface area contributed by atoms with E-state index in [1.807, 2.05) is 23.1 Å². The molecule has 2 saturated heterocycles. The zero-order chi connectivity index (χ0) is 21.1. The van der Waals surface area contributed by atoms with E-state index in [2.05, 4.69) is 12.1 Å². The van der Waals surface area contributed by atoms with Gasteiger partial charge in [0.2, 0.25) is 15.9 Å². The van der Waals surface area contributed by atoms with Gasteiger partial charge in [-0.1, -0.05) is 42.5 Å². The highest BCUT2D eigenvalue weighted by atomic mass is 32.2. The molecule has 2 unspecified atom stereocenters. The van der Waals surface area contributed by atoms with E-state index in [4.69, 9.17) is 4.74 Å². The molecule has 7 heteroatoms. The molecule has 0 spiro atoms. The van der Waals surface area contributed by atoms with E-state index in [9.17, 15) is 13.2 Å². The highest BCUT2D eigenvalue weighted by Crippen LogP contribution is 2.35. The summed E-state index contributed by atoms with van der Waals surface area (Å²) in [4.78, 5) is 15.5. The van der Waals surface area contributed by atoms with Crippen LogP contribution in [0.3, 0.4) is 0 Å². The molecule has 160 valence electrons. The number of ether oxygens (including phenoxy) is 1. The normalized spacial score (nSPS) is 22.8. The van der Waals surface area contributed by atoms with Gasteiger partial charge >= 0.3 is 0 Å². The molecule has 30 heavy (non-hydrogen) atoms. The zero-order valence-corrected chi connectivity index (χ0v) is 18.1. The molecule has 2 aliphatic heterocycles. The number of hydrogen-bond acceptors (Lipinski definition) is 4. The third-order valence-corrected chi connectivity index (χ3v) is 8.05. The Labute approximate surface area is 178 Å². The molecule has 6 nitrogen and oxygen atoms in total. The quantitative estimate of drug-likeness (QED) is 0.732. The first-order valence-corrected chi connectivity index (χ1v) is 11.9. The summed E-state index contributed by atoms with van der Waals surface area (Å²) in [6.07, 6.45) is 3.32. The van der Waals surface area contributed by atoms with Crippen LogP contribution in [0, 0.1) is 5.92 Å². The van der Waals surface area contributed by atoms with E-state index < -0.39 is 10.0 Å². The molecule has 0 bridgehead atoms. The number of hydrogen-bond donors (Lipinski definition) is 0. The molecule has 4 rings (SSSR count). The largest absolute Gasteiger partial charge is 0.495 e. The van der Waals surface area contributed by atoms with Crippen LogP contribution >= 0.6 is 0 Å². The molecular formula is C23H28N2O4S. The maximum atomic E-state index is 13.4. The third kappa shape index (κ3) is 3.96. The summed E-state index contributed by atoms with van der Waals surface area (Å²) in [6, 6.07) is 16.8. The Balaban J connectivity index is 1.53. The number of methoxy groups -OCH3 is 1. The second-order valence-corrected chi connectivity index (χ2v) is 9.86. The number of nitrogens with zero attached hydrogens (tertiary/aromatic N) is 2. The Kier molecular flexibility index (Phi) is 6.11. The van der Waals surface area contributed by atoms with E-state index >= 15 is 0 Å². The Hall–Kier alpha value is -2.38. The smallest absolute Gasteiger partial charge is 0.246 e. The number of sulfonamides is 1. The molecule has 2 heterocycles. The minimum atomic E-state index is -3.72. The van der Waals surface area contributed by atoms with Gasteiger partial charge in [-0.3, -0.25) is 4.79 Å². The van der Waals surface area contributed by atoms with Crippen molar-refractivity contribution in [2.24, 2.45) is 5.92 Å². The summed E-state index contributed by atoms with van der Waals surface area (Å²) in [5.41, 5.74) is 1.15. The first-order valence-electron chi connectivity index (χ1n) is 10.5. The Bertz CT molecular complexity index is 993. The van der Waals surface area contributed by atoms with Crippen molar-refractivity contribution >= 4 is 15.9 Å². The van der Waals surface area contributed by atoms with Gasteiger partial charge in [-0.25, -0.2) is 8.42 Å². The Morgan fingerprint density at radius 2 is 1.67 bits per heavy atom. The fraction of sp³-hybridized carbons (Fsp3) is 0.435. The second-order valence-electron chi connectivity index (χ2n) is 7.95. The van der Waals surface area contributed by atoms with Gasteiger partial charge in [-0.2, -0.15) is 4.31 Å². The summed E-state index contributed by atoms with van der Waals surface area (Å²) in [6.45, 7) is 1.37. The van der Waals surface area contributed by atoms with Crippen molar-refractivity contribution < 1.29 is 17.9 Å². The Morgan fingerprint density at radius 3 is 2.43 bits per heavy atom. The fourth-order valence-electron chi connectivity index (χ4n) is 4.62. The molecule has 1 amide bonds. The number of para-hydroxylation sites is 1. The predicted molar refractivity (Wildman–Crippen MR) is 115 cm³/mol. The molecule has 2 fully saturated rings. The van der Waals surface area contributed by atoms with Crippen molar-refractivity contribution in [1.29, 1.82) is 0 Å². The molecule has 2 aliphatic rings. The van der Waals surface area contributed by atoms with Gasteiger partial charge in [-0.05, 0) is 43.4 Å². The molecule has 2 atom stereocenters. The van der Waals surface area contributed by atoms with Crippen molar-refractivity contribution in [2.45, 2.75) is 36.6 Å². The van der Waals surface area contributed by atoms with Gasteiger partial charge in [0.1, 0.15) is 10.6 Å². The summed E-state index contributed by atoms with van der Waals surface area (Å²) >= 11 is 0. The first-order chi connectivity index (χ1) is 14.5. The minimum absolute atomic E-state index is 0.0706. The van der Waals surface area contributed by atoms with Crippen LogP contribution in [0.2, 0.25) is 0 Å². The van der Waals surface area contributed by atoms with Crippen molar-refractivity contribution in [2.75, 3.05) is 26.7 Å². The Morgan fingerprint density at radius 1 is 0.967 bits per heavy atom. The number of amides is 1. The molecule has 0 N–H and O–H groups in total. The van der Waals surface area contributed by atoms with E-state index in [0.717, 1.165) is 31.4 Å². The lowest BCUT2D eigenvalue weighted by Crippen LogP contribution is -2.46. The number of benzene rings is 2. The number of carbonyl (C=O) groups excluding carboxylic acids is 1. The van der Waals surface area contributed by atoms with Crippen LogP contribution in [-0.2, 0) is 14.8 Å². The summed E-state index contributed by atoms with van der Waals surface area (Å²) in [7, 11) is -2.26. The molecular weight excluding hydrogens is 400 g/mol. The van der Waals surface area contributed by atoms with Crippen molar-refractivity contribution in [3.63, 3.8) is 0 Å². The summed E-state index contributed by atoms with van der Waals surface area (Å²) in [5.74, 6) is 0.0865. The van der Waals surface area contributed by atoms with Crippen LogP contribution in [0.5, 0.6) is 5.75 Å². The third-order valence-electron chi connectivity index (χ3n) is 6.14. The van der Waals surface area contributed by atoms with E-state index in [0.29, 0.717) is 18.7 Å². The molecule has 0 aliphatic carbocycles. The molecule has 2 aromatic rings. The second kappa shape index (κ2) is 8.78. The maximum Gasteiger partial charge on any atom is 0.246 e. The molecule has 0 aromatic heterocycles. The van der Waals surface area contributed by atoms with Crippen LogP contribution in [0.25, 0.3) is 0 Å². The first kappa shape index (κ1) is 20.9. The lowest BCUT2D eigenvalue weighted by molar-refractivity contribution is -0.137. The van der Waals surface area contributed by atoms with E-state index in [-0.39, 0.29) is 29.3 Å². The summed E-state index contributed by atoms with van der Waals surface area (Å²) < 4.78 is 33.2.